The molecular weight excluding hydrogens is 248 g/mol. The van der Waals surface area contributed by atoms with E-state index in [4.69, 9.17) is 0 Å². The molecule has 3 aliphatic rings. The minimum atomic E-state index is -0.735. The number of hydrogen-bond donors (Lipinski definition) is 2. The molecule has 0 radical (unpaired) electrons. The fourth-order valence-electron chi connectivity index (χ4n) is 4.89. The fourth-order valence-corrected chi connectivity index (χ4v) is 4.89. The van der Waals surface area contributed by atoms with E-state index in [0.717, 1.165) is 11.1 Å². The second-order valence-corrected chi connectivity index (χ2v) is 6.48. The van der Waals surface area contributed by atoms with Crippen LogP contribution in [0.25, 0.3) is 0 Å². The largest absolute Gasteiger partial charge is 0.384 e. The lowest BCUT2D eigenvalue weighted by atomic mass is 9.43. The summed E-state index contributed by atoms with van der Waals surface area (Å²) in [6, 6.07) is 16.3. The van der Waals surface area contributed by atoms with Crippen molar-refractivity contribution in [1.29, 1.82) is 0 Å². The Balaban J connectivity index is 1.73. The quantitative estimate of drug-likeness (QED) is 0.768. The number of hydrogen-bond acceptors (Lipinski definition) is 2. The molecule has 2 heteroatoms. The zero-order valence-electron chi connectivity index (χ0n) is 11.1. The van der Waals surface area contributed by atoms with Crippen molar-refractivity contribution in [2.45, 2.75) is 35.9 Å². The monoisotopic (exact) mass is 264 g/mol. The van der Waals surface area contributed by atoms with Crippen molar-refractivity contribution in [3.63, 3.8) is 0 Å². The molecule has 0 bridgehead atoms. The van der Waals surface area contributed by atoms with E-state index < -0.39 is 11.2 Å². The molecule has 2 aromatic carbocycles. The lowest BCUT2D eigenvalue weighted by Gasteiger charge is -2.64. The van der Waals surface area contributed by atoms with Crippen LogP contribution in [-0.2, 0) is 11.2 Å². The van der Waals surface area contributed by atoms with Gasteiger partial charge < -0.3 is 10.2 Å². The van der Waals surface area contributed by atoms with Gasteiger partial charge in [0, 0.05) is 11.8 Å². The molecule has 2 nitrogen and oxygen atoms in total. The first-order valence-corrected chi connectivity index (χ1v) is 7.30. The summed E-state index contributed by atoms with van der Waals surface area (Å²) < 4.78 is 0. The van der Waals surface area contributed by atoms with Gasteiger partial charge in [0.25, 0.3) is 0 Å². The molecule has 0 amide bonds. The van der Waals surface area contributed by atoms with Crippen LogP contribution >= 0.6 is 0 Å². The maximum Gasteiger partial charge on any atom is 0.0975 e. The zero-order chi connectivity index (χ0) is 13.5. The molecule has 3 aliphatic carbocycles. The van der Waals surface area contributed by atoms with Crippen LogP contribution in [0.15, 0.2) is 48.5 Å². The summed E-state index contributed by atoms with van der Waals surface area (Å²) in [6.45, 7) is 0. The van der Waals surface area contributed by atoms with Gasteiger partial charge >= 0.3 is 0 Å². The fraction of sp³-hybridized carbons (Fsp3) is 0.333. The van der Waals surface area contributed by atoms with E-state index in [2.05, 4.69) is 12.1 Å². The smallest absolute Gasteiger partial charge is 0.0975 e. The minimum absolute atomic E-state index is 0.0485. The number of rotatable bonds is 0. The first kappa shape index (κ1) is 11.1. The Bertz CT molecular complexity index is 674. The second kappa shape index (κ2) is 3.16. The van der Waals surface area contributed by atoms with Crippen molar-refractivity contribution < 1.29 is 10.2 Å². The average molecular weight is 264 g/mol. The summed E-state index contributed by atoms with van der Waals surface area (Å²) in [7, 11) is 0. The third-order valence-electron chi connectivity index (χ3n) is 5.77. The minimum Gasteiger partial charge on any atom is -0.384 e. The normalized spacial score (nSPS) is 39.5. The van der Waals surface area contributed by atoms with Crippen molar-refractivity contribution in [1.82, 2.24) is 0 Å². The number of aliphatic hydroxyl groups is 2. The van der Waals surface area contributed by atoms with Crippen molar-refractivity contribution in [2.75, 3.05) is 0 Å². The van der Waals surface area contributed by atoms with Gasteiger partial charge in [0.1, 0.15) is 0 Å². The van der Waals surface area contributed by atoms with Crippen molar-refractivity contribution in [3.05, 3.63) is 70.8 Å². The maximum absolute atomic E-state index is 11.0. The number of fused-ring (bicyclic) bond motifs is 9. The lowest BCUT2D eigenvalue weighted by molar-refractivity contribution is -0.155. The second-order valence-electron chi connectivity index (χ2n) is 6.48. The first-order valence-electron chi connectivity index (χ1n) is 7.30. The Morgan fingerprint density at radius 2 is 1.10 bits per heavy atom. The molecule has 2 N–H and O–H groups in total. The molecule has 2 unspecified atom stereocenters. The van der Waals surface area contributed by atoms with Crippen LogP contribution < -0.4 is 0 Å². The van der Waals surface area contributed by atoms with E-state index >= 15 is 0 Å². The summed E-state index contributed by atoms with van der Waals surface area (Å²) >= 11 is 0. The topological polar surface area (TPSA) is 40.5 Å². The molecule has 1 fully saturated rings. The van der Waals surface area contributed by atoms with Crippen molar-refractivity contribution in [3.8, 4) is 0 Å². The van der Waals surface area contributed by atoms with E-state index in [0.29, 0.717) is 12.8 Å². The number of benzene rings is 2. The summed E-state index contributed by atoms with van der Waals surface area (Å²) in [5.74, 6) is 0.0969. The highest BCUT2D eigenvalue weighted by molar-refractivity contribution is 5.59. The standard InChI is InChI=1S/C18H16O2/c19-17-9-10-18(20)14-8-4-2-6-12(14)16(18)15(17)11-5-1-3-7-13(11)17/h1-8,15-16,19-20H,9-10H2/t15-,16?,17+,18?/m1/s1. The summed E-state index contributed by atoms with van der Waals surface area (Å²) in [6.07, 6.45) is 1.30. The van der Waals surface area contributed by atoms with Crippen LogP contribution in [0.1, 0.15) is 46.9 Å². The molecule has 0 saturated heterocycles. The van der Waals surface area contributed by atoms with E-state index in [-0.39, 0.29) is 11.8 Å². The third kappa shape index (κ3) is 0.961. The highest BCUT2D eigenvalue weighted by Gasteiger charge is 2.67. The summed E-state index contributed by atoms with van der Waals surface area (Å²) in [4.78, 5) is 0. The van der Waals surface area contributed by atoms with Crippen LogP contribution in [0.3, 0.4) is 0 Å². The van der Waals surface area contributed by atoms with Crippen LogP contribution in [-0.4, -0.2) is 10.2 Å². The molecule has 0 aromatic heterocycles. The Labute approximate surface area is 117 Å². The molecule has 5 rings (SSSR count). The van der Waals surface area contributed by atoms with Gasteiger partial charge in [-0.05, 0) is 35.1 Å². The van der Waals surface area contributed by atoms with E-state index in [1.165, 1.54) is 11.1 Å². The van der Waals surface area contributed by atoms with Gasteiger partial charge in [0.15, 0.2) is 0 Å². The molecule has 20 heavy (non-hydrogen) atoms. The molecule has 2 aromatic rings. The van der Waals surface area contributed by atoms with Crippen LogP contribution in [0.5, 0.6) is 0 Å². The van der Waals surface area contributed by atoms with Crippen LogP contribution in [0, 0.1) is 0 Å². The Hall–Kier alpha value is -1.64. The summed E-state index contributed by atoms with van der Waals surface area (Å²) in [5, 5.41) is 22.1. The Morgan fingerprint density at radius 3 is 1.55 bits per heavy atom. The van der Waals surface area contributed by atoms with Gasteiger partial charge in [0.2, 0.25) is 0 Å². The molecule has 0 aliphatic heterocycles. The van der Waals surface area contributed by atoms with Crippen molar-refractivity contribution in [2.24, 2.45) is 0 Å². The molecule has 4 atom stereocenters. The van der Waals surface area contributed by atoms with Gasteiger partial charge in [-0.1, -0.05) is 48.5 Å². The summed E-state index contributed by atoms with van der Waals surface area (Å²) in [5.41, 5.74) is 3.09. The van der Waals surface area contributed by atoms with E-state index in [1.54, 1.807) is 0 Å². The average Bonchev–Trinajstić information content (AvgIpc) is 2.49. The molecule has 0 heterocycles. The lowest BCUT2D eigenvalue weighted by Crippen LogP contribution is -2.60. The predicted octanol–water partition coefficient (Wildman–Crippen LogP) is 2.75. The third-order valence-corrected chi connectivity index (χ3v) is 5.77. The van der Waals surface area contributed by atoms with Gasteiger partial charge in [-0.15, -0.1) is 0 Å². The zero-order valence-corrected chi connectivity index (χ0v) is 11.1. The van der Waals surface area contributed by atoms with Gasteiger partial charge in [-0.2, -0.15) is 0 Å². The van der Waals surface area contributed by atoms with Crippen molar-refractivity contribution >= 4 is 0 Å². The Morgan fingerprint density at radius 1 is 0.700 bits per heavy atom. The Kier molecular flexibility index (Phi) is 1.75. The SMILES string of the molecule is OC12CC[C@]3(O)c4ccccc4[C@@H]3C1c1ccccc12. The van der Waals surface area contributed by atoms with Gasteiger partial charge in [-0.25, -0.2) is 0 Å². The van der Waals surface area contributed by atoms with E-state index in [9.17, 15) is 10.2 Å². The van der Waals surface area contributed by atoms with Gasteiger partial charge in [-0.3, -0.25) is 0 Å². The van der Waals surface area contributed by atoms with Crippen LogP contribution in [0.2, 0.25) is 0 Å². The highest BCUT2D eigenvalue weighted by Crippen LogP contribution is 2.71. The molecule has 100 valence electrons. The maximum atomic E-state index is 11.0. The van der Waals surface area contributed by atoms with E-state index in [1.807, 2.05) is 36.4 Å². The molecular formula is C18H16O2. The van der Waals surface area contributed by atoms with Gasteiger partial charge in [0.05, 0.1) is 11.2 Å². The molecule has 0 spiro atoms. The van der Waals surface area contributed by atoms with Crippen LogP contribution in [0.4, 0.5) is 0 Å². The molecule has 1 saturated carbocycles. The predicted molar refractivity (Wildman–Crippen MR) is 75.4 cm³/mol. The highest BCUT2D eigenvalue weighted by atomic mass is 16.3. The first-order chi connectivity index (χ1) is 9.66.